The number of hydrogen-bond acceptors (Lipinski definition) is 1. The van der Waals surface area contributed by atoms with E-state index >= 15 is 0 Å². The van der Waals surface area contributed by atoms with Crippen LogP contribution in [0.25, 0.3) is 0 Å². The molecule has 0 spiro atoms. The van der Waals surface area contributed by atoms with Gasteiger partial charge in [-0.3, -0.25) is 0 Å². The zero-order valence-electron chi connectivity index (χ0n) is 19.5. The quantitative estimate of drug-likeness (QED) is 0.245. The molecule has 0 aliphatic heterocycles. The van der Waals surface area contributed by atoms with E-state index < -0.39 is 35.4 Å². The molecule has 0 saturated heterocycles. The first kappa shape index (κ1) is 26.9. The monoisotopic (exact) mass is 494 g/mol. The second-order valence-electron chi connectivity index (χ2n) is 9.90. The van der Waals surface area contributed by atoms with Gasteiger partial charge in [0.05, 0.1) is 0 Å². The van der Waals surface area contributed by atoms with Crippen molar-refractivity contribution in [3.05, 3.63) is 41.2 Å². The number of rotatable bonds is 9. The van der Waals surface area contributed by atoms with E-state index in [9.17, 15) is 30.7 Å². The summed E-state index contributed by atoms with van der Waals surface area (Å²) in [6, 6.07) is 1.77. The van der Waals surface area contributed by atoms with Gasteiger partial charge in [-0.25, -0.2) is 8.78 Å². The average Bonchev–Trinajstić information content (AvgIpc) is 2.81. The van der Waals surface area contributed by atoms with Crippen molar-refractivity contribution in [3.63, 3.8) is 0 Å². The van der Waals surface area contributed by atoms with Crippen molar-refractivity contribution in [2.45, 2.75) is 96.0 Å². The Hall–Kier alpha value is -1.73. The van der Waals surface area contributed by atoms with Gasteiger partial charge in [-0.05, 0) is 79.9 Å². The molecule has 8 heteroatoms. The van der Waals surface area contributed by atoms with Crippen LogP contribution in [0.5, 0.6) is 5.75 Å². The lowest BCUT2D eigenvalue weighted by atomic mass is 9.68. The van der Waals surface area contributed by atoms with Crippen LogP contribution in [0.1, 0.15) is 95.5 Å². The Morgan fingerprint density at radius 2 is 1.38 bits per heavy atom. The van der Waals surface area contributed by atoms with Crippen molar-refractivity contribution in [1.29, 1.82) is 0 Å². The van der Waals surface area contributed by atoms with Crippen LogP contribution in [-0.4, -0.2) is 6.11 Å². The first-order chi connectivity index (χ1) is 16.1. The normalized spacial score (nSPS) is 25.8. The Bertz CT molecular complexity index is 811. The molecule has 0 bridgehead atoms. The van der Waals surface area contributed by atoms with Crippen LogP contribution in [-0.2, 0) is 0 Å². The van der Waals surface area contributed by atoms with Crippen LogP contribution < -0.4 is 4.74 Å². The van der Waals surface area contributed by atoms with Gasteiger partial charge in [-0.15, -0.1) is 0 Å². The summed E-state index contributed by atoms with van der Waals surface area (Å²) in [7, 11) is 0. The van der Waals surface area contributed by atoms with Crippen LogP contribution >= 0.6 is 0 Å². The summed E-state index contributed by atoms with van der Waals surface area (Å²) in [4.78, 5) is 0. The Kier molecular flexibility index (Phi) is 9.33. The molecule has 2 aliphatic rings. The Morgan fingerprint density at radius 3 is 1.88 bits per heavy atom. The lowest BCUT2D eigenvalue weighted by Gasteiger charge is -2.38. The van der Waals surface area contributed by atoms with E-state index in [1.165, 1.54) is 51.4 Å². The number of benzene rings is 1. The van der Waals surface area contributed by atoms with E-state index in [-0.39, 0.29) is 5.92 Å². The molecule has 0 amide bonds. The van der Waals surface area contributed by atoms with E-state index in [2.05, 4.69) is 11.7 Å². The van der Waals surface area contributed by atoms with E-state index in [0.29, 0.717) is 17.4 Å². The van der Waals surface area contributed by atoms with Crippen molar-refractivity contribution >= 4 is 0 Å². The predicted molar refractivity (Wildman–Crippen MR) is 117 cm³/mol. The van der Waals surface area contributed by atoms with Gasteiger partial charge in [0.2, 0.25) is 0 Å². The van der Waals surface area contributed by atoms with Gasteiger partial charge in [-0.1, -0.05) is 45.4 Å². The maximum absolute atomic E-state index is 14.4. The molecule has 1 aromatic rings. The molecule has 0 N–H and O–H groups in total. The minimum atomic E-state index is -5.17. The van der Waals surface area contributed by atoms with E-state index in [1.54, 1.807) is 0 Å². The van der Waals surface area contributed by atoms with Crippen LogP contribution in [0, 0.1) is 29.4 Å². The summed E-state index contributed by atoms with van der Waals surface area (Å²) >= 11 is 0. The molecule has 3 rings (SSSR count). The SMILES string of the molecule is CCCCCC1CCC(C2CCC(c3cc(F)c(OC(F)(F)C(F)=C(F)F)c(F)c3)CC2)CC1. The lowest BCUT2D eigenvalue weighted by Crippen LogP contribution is -2.27. The maximum atomic E-state index is 14.4. The van der Waals surface area contributed by atoms with Crippen LogP contribution in [0.4, 0.5) is 30.7 Å². The fraction of sp³-hybridized carbons (Fsp3) is 0.692. The summed E-state index contributed by atoms with van der Waals surface area (Å²) < 4.78 is 96.4. The Labute approximate surface area is 196 Å². The van der Waals surface area contributed by atoms with Crippen molar-refractivity contribution in [3.8, 4) is 5.75 Å². The molecule has 1 aromatic carbocycles. The molecule has 0 atom stereocenters. The van der Waals surface area contributed by atoms with Crippen LogP contribution in [0.2, 0.25) is 0 Å². The topological polar surface area (TPSA) is 9.23 Å². The fourth-order valence-corrected chi connectivity index (χ4v) is 5.75. The number of ether oxygens (including phenoxy) is 1. The molecule has 0 radical (unpaired) electrons. The number of hydrogen-bond donors (Lipinski definition) is 0. The molecule has 0 heterocycles. The number of halogens is 7. The minimum Gasteiger partial charge on any atom is -0.421 e. The maximum Gasteiger partial charge on any atom is 0.459 e. The highest BCUT2D eigenvalue weighted by atomic mass is 19.3. The van der Waals surface area contributed by atoms with Crippen molar-refractivity contribution < 1.29 is 35.5 Å². The highest BCUT2D eigenvalue weighted by Gasteiger charge is 2.44. The Morgan fingerprint density at radius 1 is 0.853 bits per heavy atom. The van der Waals surface area contributed by atoms with Gasteiger partial charge in [0.15, 0.2) is 17.4 Å². The molecular weight excluding hydrogens is 461 g/mol. The van der Waals surface area contributed by atoms with E-state index in [0.717, 1.165) is 43.7 Å². The van der Waals surface area contributed by atoms with Gasteiger partial charge < -0.3 is 4.74 Å². The number of unbranched alkanes of at least 4 members (excludes halogenated alkanes) is 2. The molecular formula is C26H33F7O. The van der Waals surface area contributed by atoms with E-state index in [4.69, 9.17) is 0 Å². The smallest absolute Gasteiger partial charge is 0.421 e. The first-order valence-corrected chi connectivity index (χ1v) is 12.4. The van der Waals surface area contributed by atoms with Crippen LogP contribution in [0.15, 0.2) is 24.0 Å². The first-order valence-electron chi connectivity index (χ1n) is 12.4. The molecule has 1 nitrogen and oxygen atoms in total. The van der Waals surface area contributed by atoms with Gasteiger partial charge >= 0.3 is 12.2 Å². The average molecular weight is 495 g/mol. The summed E-state index contributed by atoms with van der Waals surface area (Å²) in [5, 5.41) is 0. The summed E-state index contributed by atoms with van der Waals surface area (Å²) in [6.45, 7) is 2.21. The second kappa shape index (κ2) is 11.8. The largest absolute Gasteiger partial charge is 0.459 e. The third-order valence-electron chi connectivity index (χ3n) is 7.69. The van der Waals surface area contributed by atoms with Crippen LogP contribution in [0.3, 0.4) is 0 Å². The van der Waals surface area contributed by atoms with Gasteiger partial charge in [0.1, 0.15) is 0 Å². The third kappa shape index (κ3) is 6.69. The van der Waals surface area contributed by atoms with Crippen molar-refractivity contribution in [2.24, 2.45) is 17.8 Å². The standard InChI is InChI=1S/C26H33F7O/c1-2-3-4-5-16-6-8-17(9-7-16)18-10-12-19(13-11-18)20-14-21(27)23(22(28)15-20)34-26(32,33)24(29)25(30)31/h14-19H,2-13H2,1H3. The molecule has 2 aliphatic carbocycles. The van der Waals surface area contributed by atoms with Crippen molar-refractivity contribution in [2.75, 3.05) is 0 Å². The zero-order valence-corrected chi connectivity index (χ0v) is 19.5. The highest BCUT2D eigenvalue weighted by Crippen LogP contribution is 2.45. The highest BCUT2D eigenvalue weighted by molar-refractivity contribution is 5.34. The molecule has 34 heavy (non-hydrogen) atoms. The number of alkyl halides is 2. The predicted octanol–water partition coefficient (Wildman–Crippen LogP) is 9.67. The lowest BCUT2D eigenvalue weighted by molar-refractivity contribution is -0.162. The van der Waals surface area contributed by atoms with Gasteiger partial charge in [0, 0.05) is 0 Å². The molecule has 0 aromatic heterocycles. The zero-order chi connectivity index (χ0) is 24.9. The van der Waals surface area contributed by atoms with Crippen molar-refractivity contribution in [1.82, 2.24) is 0 Å². The Balaban J connectivity index is 1.55. The fourth-order valence-electron chi connectivity index (χ4n) is 5.75. The minimum absolute atomic E-state index is 0.125. The molecule has 192 valence electrons. The summed E-state index contributed by atoms with van der Waals surface area (Å²) in [6.07, 6.45) is 5.07. The summed E-state index contributed by atoms with van der Waals surface area (Å²) in [5.74, 6) is -5.69. The third-order valence-corrected chi connectivity index (χ3v) is 7.69. The molecule has 0 unspecified atom stereocenters. The van der Waals surface area contributed by atoms with Gasteiger partial charge in [0.25, 0.3) is 5.83 Å². The van der Waals surface area contributed by atoms with E-state index in [1.807, 2.05) is 0 Å². The molecule has 2 saturated carbocycles. The summed E-state index contributed by atoms with van der Waals surface area (Å²) in [5.41, 5.74) is 0.316. The van der Waals surface area contributed by atoms with Gasteiger partial charge in [-0.2, -0.15) is 22.0 Å². The second-order valence-corrected chi connectivity index (χ2v) is 9.90. The molecule has 2 fully saturated rings.